The molecule has 20 heavy (non-hydrogen) atoms. The Kier molecular flexibility index (Phi) is 4.68. The van der Waals surface area contributed by atoms with E-state index in [0.717, 1.165) is 6.42 Å². The van der Waals surface area contributed by atoms with Gasteiger partial charge in [-0.25, -0.2) is 4.39 Å². The molecular weight excluding hydrogens is 265 g/mol. The molecule has 1 aliphatic rings. The average Bonchev–Trinajstić information content (AvgIpc) is 2.92. The summed E-state index contributed by atoms with van der Waals surface area (Å²) in [4.78, 5) is 22.9. The fourth-order valence-electron chi connectivity index (χ4n) is 2.26. The Morgan fingerprint density at radius 1 is 1.40 bits per heavy atom. The van der Waals surface area contributed by atoms with Crippen molar-refractivity contribution in [1.29, 1.82) is 0 Å². The van der Waals surface area contributed by atoms with Gasteiger partial charge in [-0.3, -0.25) is 4.79 Å². The van der Waals surface area contributed by atoms with Gasteiger partial charge in [0.05, 0.1) is 12.0 Å². The molecule has 1 amide bonds. The van der Waals surface area contributed by atoms with E-state index in [1.807, 2.05) is 0 Å². The molecule has 108 valence electrons. The quantitative estimate of drug-likeness (QED) is 0.861. The Balaban J connectivity index is 2.05. The van der Waals surface area contributed by atoms with E-state index in [4.69, 9.17) is 4.74 Å². The molecule has 5 nitrogen and oxygen atoms in total. The van der Waals surface area contributed by atoms with Gasteiger partial charge in [-0.05, 0) is 37.1 Å². The highest BCUT2D eigenvalue weighted by Gasteiger charge is 2.31. The first kappa shape index (κ1) is 14.5. The second kappa shape index (κ2) is 6.47. The second-order valence-corrected chi connectivity index (χ2v) is 4.73. The SMILES string of the molecule is O=C([O-])C[C@@H](C(=O)Nc1ccc(F)cc1)[C@H]1CCCO1. The molecule has 0 aromatic heterocycles. The fraction of sp³-hybridized carbons (Fsp3) is 0.429. The van der Waals surface area contributed by atoms with Crippen LogP contribution >= 0.6 is 0 Å². The zero-order valence-corrected chi connectivity index (χ0v) is 10.8. The number of rotatable bonds is 5. The Morgan fingerprint density at radius 3 is 2.65 bits per heavy atom. The van der Waals surface area contributed by atoms with Gasteiger partial charge in [-0.15, -0.1) is 0 Å². The van der Waals surface area contributed by atoms with Gasteiger partial charge < -0.3 is 20.0 Å². The second-order valence-electron chi connectivity index (χ2n) is 4.73. The molecule has 1 saturated heterocycles. The van der Waals surface area contributed by atoms with Gasteiger partial charge in [0.15, 0.2) is 0 Å². The number of nitrogens with one attached hydrogen (secondary N) is 1. The number of anilines is 1. The summed E-state index contributed by atoms with van der Waals surface area (Å²) in [6, 6.07) is 5.27. The molecule has 1 aliphatic heterocycles. The lowest BCUT2D eigenvalue weighted by Gasteiger charge is -2.22. The molecule has 1 fully saturated rings. The maximum atomic E-state index is 12.8. The number of amides is 1. The number of hydrogen-bond acceptors (Lipinski definition) is 4. The minimum atomic E-state index is -1.29. The monoisotopic (exact) mass is 280 g/mol. The van der Waals surface area contributed by atoms with Gasteiger partial charge in [-0.1, -0.05) is 0 Å². The number of halogens is 1. The lowest BCUT2D eigenvalue weighted by molar-refractivity contribution is -0.307. The summed E-state index contributed by atoms with van der Waals surface area (Å²) in [5, 5.41) is 13.3. The summed E-state index contributed by atoms with van der Waals surface area (Å²) in [6.45, 7) is 0.526. The van der Waals surface area contributed by atoms with Crippen LogP contribution in [0, 0.1) is 11.7 Å². The lowest BCUT2D eigenvalue weighted by atomic mass is 9.95. The first-order valence-corrected chi connectivity index (χ1v) is 6.44. The predicted octanol–water partition coefficient (Wildman–Crippen LogP) is 0.699. The van der Waals surface area contributed by atoms with Gasteiger partial charge in [-0.2, -0.15) is 0 Å². The maximum Gasteiger partial charge on any atom is 0.230 e. The number of ether oxygens (including phenoxy) is 1. The third-order valence-electron chi connectivity index (χ3n) is 3.25. The largest absolute Gasteiger partial charge is 0.550 e. The van der Waals surface area contributed by atoms with Crippen molar-refractivity contribution >= 4 is 17.6 Å². The molecule has 2 atom stereocenters. The highest BCUT2D eigenvalue weighted by molar-refractivity contribution is 5.94. The van der Waals surface area contributed by atoms with Gasteiger partial charge in [0.25, 0.3) is 0 Å². The lowest BCUT2D eigenvalue weighted by Crippen LogP contribution is -2.38. The van der Waals surface area contributed by atoms with Crippen LogP contribution in [0.1, 0.15) is 19.3 Å². The zero-order chi connectivity index (χ0) is 14.5. The summed E-state index contributed by atoms with van der Waals surface area (Å²) >= 11 is 0. The molecule has 1 N–H and O–H groups in total. The van der Waals surface area contributed by atoms with Crippen molar-refractivity contribution in [2.75, 3.05) is 11.9 Å². The van der Waals surface area contributed by atoms with Crippen molar-refractivity contribution in [2.24, 2.45) is 5.92 Å². The number of carbonyl (C=O) groups excluding carboxylic acids is 2. The highest BCUT2D eigenvalue weighted by atomic mass is 19.1. The third kappa shape index (κ3) is 3.77. The van der Waals surface area contributed by atoms with Crippen molar-refractivity contribution in [3.8, 4) is 0 Å². The molecule has 0 unspecified atom stereocenters. The minimum Gasteiger partial charge on any atom is -0.550 e. The molecule has 1 heterocycles. The fourth-order valence-corrected chi connectivity index (χ4v) is 2.26. The third-order valence-corrected chi connectivity index (χ3v) is 3.25. The maximum absolute atomic E-state index is 12.8. The molecule has 1 aromatic carbocycles. The highest BCUT2D eigenvalue weighted by Crippen LogP contribution is 2.24. The first-order valence-electron chi connectivity index (χ1n) is 6.44. The first-order chi connectivity index (χ1) is 9.56. The molecule has 0 saturated carbocycles. The summed E-state index contributed by atoms with van der Waals surface area (Å²) in [7, 11) is 0. The van der Waals surface area contributed by atoms with Gasteiger partial charge >= 0.3 is 0 Å². The van der Waals surface area contributed by atoms with Crippen LogP contribution in [0.15, 0.2) is 24.3 Å². The number of carboxylic acids is 1. The summed E-state index contributed by atoms with van der Waals surface area (Å²) < 4.78 is 18.2. The molecule has 2 rings (SSSR count). The van der Waals surface area contributed by atoms with Crippen LogP contribution in [0.4, 0.5) is 10.1 Å². The van der Waals surface area contributed by atoms with E-state index >= 15 is 0 Å². The van der Waals surface area contributed by atoms with Crippen LogP contribution in [0.2, 0.25) is 0 Å². The van der Waals surface area contributed by atoms with Crippen LogP contribution < -0.4 is 10.4 Å². The normalized spacial score (nSPS) is 19.6. The summed E-state index contributed by atoms with van der Waals surface area (Å²) in [6.07, 6.45) is 0.651. The number of aliphatic carboxylic acids is 1. The van der Waals surface area contributed by atoms with Crippen LogP contribution in [0.3, 0.4) is 0 Å². The molecule has 6 heteroatoms. The molecule has 0 aliphatic carbocycles. The Hall–Kier alpha value is -1.95. The molecular formula is C14H15FNO4-. The van der Waals surface area contributed by atoms with Crippen LogP contribution in [0.25, 0.3) is 0 Å². The Morgan fingerprint density at radius 2 is 2.10 bits per heavy atom. The van der Waals surface area contributed by atoms with Gasteiger partial charge in [0.1, 0.15) is 5.82 Å². The van der Waals surface area contributed by atoms with Crippen LogP contribution in [0.5, 0.6) is 0 Å². The van der Waals surface area contributed by atoms with E-state index < -0.39 is 36.1 Å². The van der Waals surface area contributed by atoms with E-state index in [9.17, 15) is 19.1 Å². The number of benzene rings is 1. The summed E-state index contributed by atoms with van der Waals surface area (Å²) in [5.74, 6) is -2.95. The van der Waals surface area contributed by atoms with Crippen molar-refractivity contribution in [3.05, 3.63) is 30.1 Å². The van der Waals surface area contributed by atoms with Crippen molar-refractivity contribution in [1.82, 2.24) is 0 Å². The van der Waals surface area contributed by atoms with E-state index in [-0.39, 0.29) is 0 Å². The van der Waals surface area contributed by atoms with E-state index in [0.29, 0.717) is 18.7 Å². The van der Waals surface area contributed by atoms with Crippen LogP contribution in [-0.4, -0.2) is 24.6 Å². The van der Waals surface area contributed by atoms with Crippen molar-refractivity contribution in [2.45, 2.75) is 25.4 Å². The van der Waals surface area contributed by atoms with E-state index in [1.54, 1.807) is 0 Å². The average molecular weight is 280 g/mol. The Bertz CT molecular complexity index is 482. The Labute approximate surface area is 115 Å². The molecule has 0 spiro atoms. The number of carboxylic acid groups (broad SMARTS) is 1. The smallest absolute Gasteiger partial charge is 0.230 e. The molecule has 0 bridgehead atoms. The number of hydrogen-bond donors (Lipinski definition) is 1. The predicted molar refractivity (Wildman–Crippen MR) is 67.1 cm³/mol. The van der Waals surface area contributed by atoms with Gasteiger partial charge in [0, 0.05) is 24.7 Å². The molecule has 1 aromatic rings. The van der Waals surface area contributed by atoms with Crippen molar-refractivity contribution in [3.63, 3.8) is 0 Å². The number of carbonyl (C=O) groups is 2. The topological polar surface area (TPSA) is 78.5 Å². The molecule has 0 radical (unpaired) electrons. The van der Waals surface area contributed by atoms with E-state index in [1.165, 1.54) is 24.3 Å². The van der Waals surface area contributed by atoms with Crippen LogP contribution in [-0.2, 0) is 14.3 Å². The van der Waals surface area contributed by atoms with Gasteiger partial charge in [0.2, 0.25) is 5.91 Å². The summed E-state index contributed by atoms with van der Waals surface area (Å²) in [5.41, 5.74) is 0.415. The standard InChI is InChI=1S/C14H16FNO4/c15-9-3-5-10(6-4-9)16-14(19)11(8-13(17)18)12-2-1-7-20-12/h3-6,11-12H,1-2,7-8H2,(H,16,19)(H,17,18)/p-1/t11-,12-/m1/s1. The minimum absolute atomic E-state index is 0.391. The zero-order valence-electron chi connectivity index (χ0n) is 10.8. The van der Waals surface area contributed by atoms with Crippen molar-refractivity contribution < 1.29 is 23.8 Å². The van der Waals surface area contributed by atoms with E-state index in [2.05, 4.69) is 5.32 Å².